The minimum absolute atomic E-state index is 0.00544. The summed E-state index contributed by atoms with van der Waals surface area (Å²) < 4.78 is 6.03. The molecule has 0 aromatic carbocycles. The van der Waals surface area contributed by atoms with Gasteiger partial charge in [0.25, 0.3) is 0 Å². The SMILES string of the molecule is O=C(c1cncs1)C1CCOC2(CCSCC2)C1. The predicted octanol–water partition coefficient (Wildman–Crippen LogP) is 3.02. The summed E-state index contributed by atoms with van der Waals surface area (Å²) in [6, 6.07) is 0. The Morgan fingerprint density at radius 2 is 2.28 bits per heavy atom. The lowest BCUT2D eigenvalue weighted by Gasteiger charge is -2.42. The highest BCUT2D eigenvalue weighted by Crippen LogP contribution is 2.40. The van der Waals surface area contributed by atoms with E-state index in [0.29, 0.717) is 0 Å². The van der Waals surface area contributed by atoms with Gasteiger partial charge in [-0.05, 0) is 37.2 Å². The molecule has 1 spiro atoms. The fraction of sp³-hybridized carbons (Fsp3) is 0.692. The maximum atomic E-state index is 12.4. The summed E-state index contributed by atoms with van der Waals surface area (Å²) in [5, 5.41) is 0. The number of hydrogen-bond acceptors (Lipinski definition) is 5. The van der Waals surface area contributed by atoms with E-state index < -0.39 is 0 Å². The van der Waals surface area contributed by atoms with Crippen LogP contribution in [0.25, 0.3) is 0 Å². The van der Waals surface area contributed by atoms with Gasteiger partial charge in [0.05, 0.1) is 16.0 Å². The topological polar surface area (TPSA) is 39.2 Å². The van der Waals surface area contributed by atoms with E-state index in [1.54, 1.807) is 11.7 Å². The average molecular weight is 283 g/mol. The van der Waals surface area contributed by atoms with Crippen molar-refractivity contribution in [2.24, 2.45) is 5.92 Å². The molecule has 1 aromatic heterocycles. The van der Waals surface area contributed by atoms with E-state index >= 15 is 0 Å². The highest BCUT2D eigenvalue weighted by Gasteiger charge is 2.41. The van der Waals surface area contributed by atoms with E-state index in [1.165, 1.54) is 22.8 Å². The lowest BCUT2D eigenvalue weighted by molar-refractivity contribution is -0.0959. The second-order valence-electron chi connectivity index (χ2n) is 5.06. The van der Waals surface area contributed by atoms with Gasteiger partial charge in [0.1, 0.15) is 0 Å². The number of ketones is 1. The normalized spacial score (nSPS) is 27.2. The van der Waals surface area contributed by atoms with Gasteiger partial charge in [0, 0.05) is 18.7 Å². The molecule has 1 aromatic rings. The van der Waals surface area contributed by atoms with E-state index in [-0.39, 0.29) is 17.3 Å². The van der Waals surface area contributed by atoms with Crippen molar-refractivity contribution in [1.29, 1.82) is 0 Å². The third kappa shape index (κ3) is 2.49. The Hall–Kier alpha value is -0.390. The molecule has 98 valence electrons. The number of hydrogen-bond donors (Lipinski definition) is 0. The van der Waals surface area contributed by atoms with Crippen molar-refractivity contribution >= 4 is 28.9 Å². The van der Waals surface area contributed by atoms with Gasteiger partial charge >= 0.3 is 0 Å². The van der Waals surface area contributed by atoms with Crippen LogP contribution in [0.2, 0.25) is 0 Å². The third-order valence-electron chi connectivity index (χ3n) is 3.94. The van der Waals surface area contributed by atoms with Gasteiger partial charge in [-0.25, -0.2) is 0 Å². The summed E-state index contributed by atoms with van der Waals surface area (Å²) in [5.74, 6) is 2.75. The molecule has 1 atom stereocenters. The third-order valence-corrected chi connectivity index (χ3v) is 5.72. The Kier molecular flexibility index (Phi) is 3.73. The second-order valence-corrected chi connectivity index (χ2v) is 7.17. The molecule has 0 N–H and O–H groups in total. The zero-order chi connectivity index (χ0) is 12.4. The molecule has 18 heavy (non-hydrogen) atoms. The van der Waals surface area contributed by atoms with Crippen LogP contribution in [-0.2, 0) is 4.74 Å². The van der Waals surface area contributed by atoms with E-state index in [2.05, 4.69) is 4.98 Å². The molecule has 2 aliphatic heterocycles. The summed E-state index contributed by atoms with van der Waals surface area (Å²) in [6.45, 7) is 0.736. The molecule has 5 heteroatoms. The molecule has 0 bridgehead atoms. The van der Waals surface area contributed by atoms with Crippen molar-refractivity contribution in [3.63, 3.8) is 0 Å². The first kappa shape index (κ1) is 12.6. The van der Waals surface area contributed by atoms with Gasteiger partial charge in [-0.1, -0.05) is 0 Å². The maximum Gasteiger partial charge on any atom is 0.177 e. The van der Waals surface area contributed by atoms with Crippen molar-refractivity contribution in [1.82, 2.24) is 4.98 Å². The molecule has 1 unspecified atom stereocenters. The molecule has 3 rings (SSSR count). The van der Waals surface area contributed by atoms with Crippen LogP contribution in [0.5, 0.6) is 0 Å². The molecule has 2 saturated heterocycles. The molecular weight excluding hydrogens is 266 g/mol. The Balaban J connectivity index is 1.72. The van der Waals surface area contributed by atoms with Crippen LogP contribution in [0.4, 0.5) is 0 Å². The van der Waals surface area contributed by atoms with Crippen LogP contribution in [-0.4, -0.2) is 34.5 Å². The van der Waals surface area contributed by atoms with E-state index in [1.807, 2.05) is 11.8 Å². The van der Waals surface area contributed by atoms with Crippen LogP contribution >= 0.6 is 23.1 Å². The number of ether oxygens (including phenoxy) is 1. The first-order valence-corrected chi connectivity index (χ1v) is 8.47. The lowest BCUT2D eigenvalue weighted by atomic mass is 9.80. The number of carbonyl (C=O) groups excluding carboxylic acids is 1. The Labute approximate surface area is 115 Å². The monoisotopic (exact) mass is 283 g/mol. The first-order valence-electron chi connectivity index (χ1n) is 6.44. The van der Waals surface area contributed by atoms with Gasteiger partial charge in [0.15, 0.2) is 5.78 Å². The van der Waals surface area contributed by atoms with Crippen LogP contribution < -0.4 is 0 Å². The molecule has 2 fully saturated rings. The van der Waals surface area contributed by atoms with Crippen LogP contribution in [0, 0.1) is 5.92 Å². The van der Waals surface area contributed by atoms with E-state index in [4.69, 9.17) is 4.74 Å². The number of aromatic nitrogens is 1. The largest absolute Gasteiger partial charge is 0.375 e. The number of carbonyl (C=O) groups is 1. The molecule has 2 aliphatic rings. The summed E-state index contributed by atoms with van der Waals surface area (Å²) in [5.41, 5.74) is 1.73. The molecular formula is C13H17NO2S2. The van der Waals surface area contributed by atoms with Crippen LogP contribution in [0.1, 0.15) is 35.4 Å². The highest BCUT2D eigenvalue weighted by molar-refractivity contribution is 7.99. The van der Waals surface area contributed by atoms with Gasteiger partial charge in [-0.2, -0.15) is 11.8 Å². The second kappa shape index (κ2) is 5.31. The smallest absolute Gasteiger partial charge is 0.177 e. The van der Waals surface area contributed by atoms with Crippen LogP contribution in [0.3, 0.4) is 0 Å². The van der Waals surface area contributed by atoms with Crippen molar-refractivity contribution in [3.8, 4) is 0 Å². The van der Waals surface area contributed by atoms with E-state index in [9.17, 15) is 4.79 Å². The number of thioether (sulfide) groups is 1. The maximum absolute atomic E-state index is 12.4. The van der Waals surface area contributed by atoms with Crippen LogP contribution in [0.15, 0.2) is 11.7 Å². The Morgan fingerprint density at radius 1 is 1.44 bits per heavy atom. The number of thiazole rings is 1. The zero-order valence-corrected chi connectivity index (χ0v) is 11.9. The molecule has 3 nitrogen and oxygen atoms in total. The summed E-state index contributed by atoms with van der Waals surface area (Å²) >= 11 is 3.45. The predicted molar refractivity (Wildman–Crippen MR) is 74.4 cm³/mol. The van der Waals surface area contributed by atoms with Crippen molar-refractivity contribution in [2.75, 3.05) is 18.1 Å². The standard InChI is InChI=1S/C13H17NO2S2/c15-12(11-8-14-9-18-11)10-1-4-16-13(7-10)2-5-17-6-3-13/h8-10H,1-7H2. The molecule has 3 heterocycles. The fourth-order valence-electron chi connectivity index (χ4n) is 2.88. The number of Topliss-reactive ketones (excluding diaryl/α,β-unsaturated/α-hetero) is 1. The van der Waals surface area contributed by atoms with E-state index in [0.717, 1.165) is 37.2 Å². The summed E-state index contributed by atoms with van der Waals surface area (Å²) in [4.78, 5) is 17.2. The summed E-state index contributed by atoms with van der Waals surface area (Å²) in [7, 11) is 0. The van der Waals surface area contributed by atoms with Crippen molar-refractivity contribution in [3.05, 3.63) is 16.6 Å². The number of rotatable bonds is 2. The molecule has 0 saturated carbocycles. The Bertz CT molecular complexity index is 407. The summed E-state index contributed by atoms with van der Waals surface area (Å²) in [6.07, 6.45) is 5.68. The van der Waals surface area contributed by atoms with Gasteiger partial charge in [-0.3, -0.25) is 9.78 Å². The fourth-order valence-corrected chi connectivity index (χ4v) is 4.76. The van der Waals surface area contributed by atoms with Crippen molar-refractivity contribution in [2.45, 2.75) is 31.3 Å². The zero-order valence-electron chi connectivity index (χ0n) is 10.3. The average Bonchev–Trinajstić information content (AvgIpc) is 2.93. The molecule has 0 radical (unpaired) electrons. The lowest BCUT2D eigenvalue weighted by Crippen LogP contribution is -2.44. The van der Waals surface area contributed by atoms with Gasteiger partial charge in [0.2, 0.25) is 0 Å². The Morgan fingerprint density at radius 3 is 3.00 bits per heavy atom. The minimum Gasteiger partial charge on any atom is -0.375 e. The first-order chi connectivity index (χ1) is 8.79. The molecule has 0 aliphatic carbocycles. The van der Waals surface area contributed by atoms with Crippen molar-refractivity contribution < 1.29 is 9.53 Å². The van der Waals surface area contributed by atoms with Gasteiger partial charge < -0.3 is 4.74 Å². The number of nitrogens with zero attached hydrogens (tertiary/aromatic N) is 1. The van der Waals surface area contributed by atoms with Gasteiger partial charge in [-0.15, -0.1) is 11.3 Å². The molecule has 0 amide bonds. The minimum atomic E-state index is -0.00544. The quantitative estimate of drug-likeness (QED) is 0.782. The highest BCUT2D eigenvalue weighted by atomic mass is 32.2.